The largest absolute Gasteiger partial charge is 0.385 e. The number of nitrogens with one attached hydrogen (secondary N) is 1. The minimum absolute atomic E-state index is 0.314. The van der Waals surface area contributed by atoms with Crippen molar-refractivity contribution < 1.29 is 4.74 Å². The van der Waals surface area contributed by atoms with Crippen molar-refractivity contribution in [2.45, 2.75) is 18.9 Å². The summed E-state index contributed by atoms with van der Waals surface area (Å²) in [5, 5.41) is 3.21. The summed E-state index contributed by atoms with van der Waals surface area (Å²) in [7, 11) is 3.66. The second kappa shape index (κ2) is 6.01. The van der Waals surface area contributed by atoms with Crippen molar-refractivity contribution >= 4 is 11.7 Å². The third-order valence-electron chi connectivity index (χ3n) is 1.93. The van der Waals surface area contributed by atoms with Gasteiger partial charge in [-0.3, -0.25) is 0 Å². The summed E-state index contributed by atoms with van der Waals surface area (Å²) in [5.74, 6) is 0. The predicted molar refractivity (Wildman–Crippen MR) is 52.8 cm³/mol. The Labute approximate surface area is 82.6 Å². The molecule has 0 aliphatic carbocycles. The molecule has 0 aliphatic heterocycles. The first-order valence-electron chi connectivity index (χ1n) is 4.32. The zero-order chi connectivity index (χ0) is 9.52. The average molecular weight is 201 g/mol. The Hall–Kier alpha value is -0.520. The molecule has 4 nitrogen and oxygen atoms in total. The number of ether oxygens (including phenoxy) is 1. The van der Waals surface area contributed by atoms with E-state index in [1.54, 1.807) is 7.11 Å². The van der Waals surface area contributed by atoms with Crippen molar-refractivity contribution in [3.05, 3.63) is 11.9 Å². The fraction of sp³-hybridized carbons (Fsp3) is 0.750. The van der Waals surface area contributed by atoms with Crippen LogP contribution in [0.3, 0.4) is 0 Å². The molecule has 0 amide bonds. The molecule has 74 valence electrons. The lowest BCUT2D eigenvalue weighted by molar-refractivity contribution is 0.189. The quantitative estimate of drug-likeness (QED) is 0.703. The van der Waals surface area contributed by atoms with E-state index in [4.69, 9.17) is 4.74 Å². The molecule has 1 aromatic rings. The second-order valence-corrected chi connectivity index (χ2v) is 3.37. The number of methoxy groups -OCH3 is 1. The maximum Gasteiger partial charge on any atom is 0.0912 e. The molecule has 0 radical (unpaired) electrons. The lowest BCUT2D eigenvalue weighted by atomic mass is 10.1. The van der Waals surface area contributed by atoms with Crippen LogP contribution >= 0.6 is 11.7 Å². The Kier molecular flexibility index (Phi) is 4.88. The highest BCUT2D eigenvalue weighted by molar-refractivity contribution is 6.99. The van der Waals surface area contributed by atoms with Crippen LogP contribution in [0.2, 0.25) is 0 Å². The first-order valence-corrected chi connectivity index (χ1v) is 5.05. The van der Waals surface area contributed by atoms with Crippen LogP contribution in [-0.4, -0.2) is 29.5 Å². The lowest BCUT2D eigenvalue weighted by Gasteiger charge is -2.12. The van der Waals surface area contributed by atoms with Gasteiger partial charge in [0.25, 0.3) is 0 Å². The van der Waals surface area contributed by atoms with Gasteiger partial charge in [0.15, 0.2) is 0 Å². The van der Waals surface area contributed by atoms with Crippen LogP contribution in [0.5, 0.6) is 0 Å². The van der Waals surface area contributed by atoms with Crippen LogP contribution in [0.25, 0.3) is 0 Å². The molecule has 1 N–H and O–H groups in total. The fourth-order valence-corrected chi connectivity index (χ4v) is 1.67. The molecule has 13 heavy (non-hydrogen) atoms. The van der Waals surface area contributed by atoms with Crippen LogP contribution in [0.15, 0.2) is 6.20 Å². The van der Waals surface area contributed by atoms with E-state index < -0.39 is 0 Å². The van der Waals surface area contributed by atoms with Crippen LogP contribution in [-0.2, 0) is 4.74 Å². The molecule has 1 atom stereocenters. The standard InChI is InChI=1S/C8H15N3OS/c1-9-7(4-3-5-12-2)8-6-10-13-11-8/h6-7,9H,3-5H2,1-2H3. The molecule has 0 saturated carbocycles. The molecular weight excluding hydrogens is 186 g/mol. The number of aromatic nitrogens is 2. The third-order valence-corrected chi connectivity index (χ3v) is 2.42. The van der Waals surface area contributed by atoms with Gasteiger partial charge in [0, 0.05) is 13.7 Å². The zero-order valence-corrected chi connectivity index (χ0v) is 8.80. The minimum Gasteiger partial charge on any atom is -0.385 e. The van der Waals surface area contributed by atoms with Gasteiger partial charge >= 0.3 is 0 Å². The normalized spacial score (nSPS) is 13.1. The topological polar surface area (TPSA) is 47.0 Å². The summed E-state index contributed by atoms with van der Waals surface area (Å²) in [5.41, 5.74) is 1.03. The monoisotopic (exact) mass is 201 g/mol. The SMILES string of the molecule is CNC(CCCOC)c1cnsn1. The van der Waals surface area contributed by atoms with Crippen molar-refractivity contribution in [1.82, 2.24) is 14.1 Å². The molecular formula is C8H15N3OS. The molecule has 5 heteroatoms. The van der Waals surface area contributed by atoms with Gasteiger partial charge in [0.05, 0.1) is 29.7 Å². The Balaban J connectivity index is 2.35. The maximum atomic E-state index is 4.99. The summed E-state index contributed by atoms with van der Waals surface area (Å²) >= 11 is 1.25. The molecule has 0 aromatic carbocycles. The van der Waals surface area contributed by atoms with Gasteiger partial charge in [-0.15, -0.1) is 0 Å². The molecule has 1 heterocycles. The van der Waals surface area contributed by atoms with Gasteiger partial charge in [-0.2, -0.15) is 8.75 Å². The maximum absolute atomic E-state index is 4.99. The van der Waals surface area contributed by atoms with Crippen molar-refractivity contribution in [1.29, 1.82) is 0 Å². The van der Waals surface area contributed by atoms with Gasteiger partial charge in [0.1, 0.15) is 0 Å². The Morgan fingerprint density at radius 3 is 3.08 bits per heavy atom. The first kappa shape index (κ1) is 10.6. The average Bonchev–Trinajstić information content (AvgIpc) is 2.65. The zero-order valence-electron chi connectivity index (χ0n) is 7.99. The Morgan fingerprint density at radius 2 is 2.54 bits per heavy atom. The van der Waals surface area contributed by atoms with E-state index in [9.17, 15) is 0 Å². The van der Waals surface area contributed by atoms with Crippen LogP contribution in [0.1, 0.15) is 24.6 Å². The van der Waals surface area contributed by atoms with Gasteiger partial charge < -0.3 is 10.1 Å². The summed E-state index contributed by atoms with van der Waals surface area (Å²) < 4.78 is 13.2. The smallest absolute Gasteiger partial charge is 0.0912 e. The van der Waals surface area contributed by atoms with Gasteiger partial charge in [0.2, 0.25) is 0 Å². The van der Waals surface area contributed by atoms with E-state index >= 15 is 0 Å². The number of hydrogen-bond donors (Lipinski definition) is 1. The summed E-state index contributed by atoms with van der Waals surface area (Å²) in [6.07, 6.45) is 3.90. The molecule has 0 fully saturated rings. The Bertz CT molecular complexity index is 215. The van der Waals surface area contributed by atoms with Crippen molar-refractivity contribution in [3.63, 3.8) is 0 Å². The molecule has 1 unspecified atom stereocenters. The molecule has 0 bridgehead atoms. The molecule has 0 spiro atoms. The molecule has 0 saturated heterocycles. The molecule has 0 aliphatic rings. The highest BCUT2D eigenvalue weighted by Crippen LogP contribution is 2.15. The van der Waals surface area contributed by atoms with E-state index in [-0.39, 0.29) is 0 Å². The lowest BCUT2D eigenvalue weighted by Crippen LogP contribution is -2.17. The highest BCUT2D eigenvalue weighted by atomic mass is 32.1. The summed E-state index contributed by atoms with van der Waals surface area (Å²) in [4.78, 5) is 0. The van der Waals surface area contributed by atoms with E-state index in [2.05, 4.69) is 14.1 Å². The van der Waals surface area contributed by atoms with Crippen LogP contribution < -0.4 is 5.32 Å². The summed E-state index contributed by atoms with van der Waals surface area (Å²) in [6.45, 7) is 0.801. The number of hydrogen-bond acceptors (Lipinski definition) is 5. The van der Waals surface area contributed by atoms with Gasteiger partial charge in [-0.05, 0) is 19.9 Å². The number of rotatable bonds is 6. The van der Waals surface area contributed by atoms with E-state index in [0.717, 1.165) is 25.1 Å². The second-order valence-electron chi connectivity index (χ2n) is 2.81. The van der Waals surface area contributed by atoms with Gasteiger partial charge in [-0.25, -0.2) is 0 Å². The molecule has 1 rings (SSSR count). The van der Waals surface area contributed by atoms with Gasteiger partial charge in [-0.1, -0.05) is 0 Å². The first-order chi connectivity index (χ1) is 6.38. The molecule has 1 aromatic heterocycles. The number of nitrogens with zero attached hydrogens (tertiary/aromatic N) is 2. The summed E-state index contributed by atoms with van der Waals surface area (Å²) in [6, 6.07) is 0.314. The van der Waals surface area contributed by atoms with Crippen LogP contribution in [0, 0.1) is 0 Å². The van der Waals surface area contributed by atoms with E-state index in [1.165, 1.54) is 11.7 Å². The Morgan fingerprint density at radius 1 is 1.69 bits per heavy atom. The minimum atomic E-state index is 0.314. The van der Waals surface area contributed by atoms with E-state index in [0.29, 0.717) is 6.04 Å². The van der Waals surface area contributed by atoms with Crippen molar-refractivity contribution in [3.8, 4) is 0 Å². The van der Waals surface area contributed by atoms with E-state index in [1.807, 2.05) is 13.2 Å². The third kappa shape index (κ3) is 3.38. The fourth-order valence-electron chi connectivity index (χ4n) is 1.20. The van der Waals surface area contributed by atoms with Crippen molar-refractivity contribution in [2.75, 3.05) is 20.8 Å². The highest BCUT2D eigenvalue weighted by Gasteiger charge is 2.10. The van der Waals surface area contributed by atoms with Crippen molar-refractivity contribution in [2.24, 2.45) is 0 Å². The van der Waals surface area contributed by atoms with Crippen LogP contribution in [0.4, 0.5) is 0 Å². The predicted octanol–water partition coefficient (Wildman–Crippen LogP) is 1.23.